The van der Waals surface area contributed by atoms with Crippen LogP contribution in [0.5, 0.6) is 0 Å². The van der Waals surface area contributed by atoms with Crippen molar-refractivity contribution in [1.29, 1.82) is 0 Å². The highest BCUT2D eigenvalue weighted by atomic mass is 16.6. The van der Waals surface area contributed by atoms with Crippen molar-refractivity contribution in [1.82, 2.24) is 4.90 Å². The maximum atomic E-state index is 13.2. The van der Waals surface area contributed by atoms with Crippen LogP contribution >= 0.6 is 0 Å². The van der Waals surface area contributed by atoms with Crippen molar-refractivity contribution in [2.45, 2.75) is 6.10 Å². The Balaban J connectivity index is 1.98. The largest absolute Gasteiger partial charge is 0.444 e. The van der Waals surface area contributed by atoms with Gasteiger partial charge in [0, 0.05) is 43.9 Å². The second-order valence-corrected chi connectivity index (χ2v) is 7.54. The number of nitro benzene ring substituents is 1. The van der Waals surface area contributed by atoms with E-state index in [0.29, 0.717) is 5.56 Å². The predicted octanol–water partition coefficient (Wildman–Crippen LogP) is 3.85. The number of likely N-dealkylation sites (N-methyl/N-ethyl adjacent to an activating group) is 1. The van der Waals surface area contributed by atoms with Crippen LogP contribution in [0, 0.1) is 10.1 Å². The first-order chi connectivity index (χ1) is 16.2. The van der Waals surface area contributed by atoms with Crippen LogP contribution in [0.4, 0.5) is 11.4 Å². The number of carbonyl (C=O) groups is 3. The molecule has 0 aliphatic carbocycles. The fraction of sp³-hybridized carbons (Fsp3) is 0.160. The van der Waals surface area contributed by atoms with Crippen molar-refractivity contribution < 1.29 is 24.0 Å². The van der Waals surface area contributed by atoms with E-state index in [4.69, 9.17) is 4.74 Å². The van der Waals surface area contributed by atoms with Crippen molar-refractivity contribution in [3.05, 3.63) is 105 Å². The molecule has 0 saturated carbocycles. The molecule has 1 N–H and O–H groups in total. The minimum absolute atomic E-state index is 0.00289. The third-order valence-electron chi connectivity index (χ3n) is 5.11. The quantitative estimate of drug-likeness (QED) is 0.234. The van der Waals surface area contributed by atoms with Crippen LogP contribution in [0.2, 0.25) is 0 Å². The summed E-state index contributed by atoms with van der Waals surface area (Å²) in [6.45, 7) is 0. The molecule has 0 saturated heterocycles. The molecule has 34 heavy (non-hydrogen) atoms. The lowest BCUT2D eigenvalue weighted by Crippen LogP contribution is -2.31. The van der Waals surface area contributed by atoms with E-state index in [2.05, 4.69) is 5.32 Å². The topological polar surface area (TPSA) is 119 Å². The summed E-state index contributed by atoms with van der Waals surface area (Å²) in [5.41, 5.74) is 0.450. The van der Waals surface area contributed by atoms with Gasteiger partial charge in [0.2, 0.25) is 6.10 Å². The number of nitro groups is 1. The molecule has 1 unspecified atom stereocenters. The van der Waals surface area contributed by atoms with E-state index in [1.54, 1.807) is 56.6 Å². The molecular formula is C25H23N3O6. The predicted molar refractivity (Wildman–Crippen MR) is 126 cm³/mol. The van der Waals surface area contributed by atoms with Crippen LogP contribution in [0.3, 0.4) is 0 Å². The van der Waals surface area contributed by atoms with Gasteiger partial charge in [0.05, 0.1) is 10.5 Å². The lowest BCUT2D eigenvalue weighted by Gasteiger charge is -2.21. The fourth-order valence-corrected chi connectivity index (χ4v) is 3.34. The van der Waals surface area contributed by atoms with Gasteiger partial charge >= 0.3 is 5.97 Å². The van der Waals surface area contributed by atoms with Crippen LogP contribution in [0.15, 0.2) is 72.8 Å². The molecule has 3 rings (SSSR count). The summed E-state index contributed by atoms with van der Waals surface area (Å²) in [6, 6.07) is 18.5. The van der Waals surface area contributed by atoms with Crippen molar-refractivity contribution >= 4 is 29.0 Å². The molecule has 3 aromatic carbocycles. The minimum Gasteiger partial charge on any atom is -0.444 e. The highest BCUT2D eigenvalue weighted by Gasteiger charge is 2.29. The van der Waals surface area contributed by atoms with Gasteiger partial charge in [0.15, 0.2) is 5.78 Å². The lowest BCUT2D eigenvalue weighted by molar-refractivity contribution is -0.384. The van der Waals surface area contributed by atoms with Gasteiger partial charge < -0.3 is 15.0 Å². The lowest BCUT2D eigenvalue weighted by atomic mass is 9.97. The fourth-order valence-electron chi connectivity index (χ4n) is 3.34. The zero-order valence-corrected chi connectivity index (χ0v) is 18.8. The third kappa shape index (κ3) is 5.09. The van der Waals surface area contributed by atoms with Crippen LogP contribution in [-0.2, 0) is 9.53 Å². The molecule has 0 heterocycles. The van der Waals surface area contributed by atoms with Gasteiger partial charge in [-0.3, -0.25) is 19.7 Å². The van der Waals surface area contributed by atoms with Gasteiger partial charge in [-0.15, -0.1) is 0 Å². The molecule has 0 bridgehead atoms. The van der Waals surface area contributed by atoms with Gasteiger partial charge in [0.1, 0.15) is 5.69 Å². The highest BCUT2D eigenvalue weighted by Crippen LogP contribution is 2.28. The molecule has 0 aliphatic rings. The van der Waals surface area contributed by atoms with Crippen molar-refractivity contribution in [3.8, 4) is 0 Å². The Morgan fingerprint density at radius 2 is 1.56 bits per heavy atom. The van der Waals surface area contributed by atoms with E-state index < -0.39 is 28.7 Å². The van der Waals surface area contributed by atoms with Crippen LogP contribution in [-0.4, -0.2) is 48.6 Å². The van der Waals surface area contributed by atoms with Crippen LogP contribution in [0.1, 0.15) is 37.9 Å². The van der Waals surface area contributed by atoms with Crippen molar-refractivity contribution in [2.75, 3.05) is 26.5 Å². The summed E-state index contributed by atoms with van der Waals surface area (Å²) >= 11 is 0. The van der Waals surface area contributed by atoms with Crippen molar-refractivity contribution in [3.63, 3.8) is 0 Å². The Hall–Kier alpha value is -4.53. The number of esters is 1. The van der Waals surface area contributed by atoms with E-state index in [1.807, 2.05) is 0 Å². The van der Waals surface area contributed by atoms with Crippen LogP contribution in [0.25, 0.3) is 0 Å². The Morgan fingerprint density at radius 1 is 0.941 bits per heavy atom. The maximum absolute atomic E-state index is 13.2. The first kappa shape index (κ1) is 24.1. The van der Waals surface area contributed by atoms with E-state index >= 15 is 0 Å². The number of nitrogens with zero attached hydrogens (tertiary/aromatic N) is 2. The second-order valence-electron chi connectivity index (χ2n) is 7.54. The van der Waals surface area contributed by atoms with E-state index in [0.717, 1.165) is 6.07 Å². The summed E-state index contributed by atoms with van der Waals surface area (Å²) in [5, 5.41) is 14.1. The molecule has 3 aromatic rings. The molecule has 0 radical (unpaired) electrons. The maximum Gasteiger partial charge on any atom is 0.340 e. The number of carbonyl (C=O) groups excluding carboxylic acids is 3. The van der Waals surface area contributed by atoms with E-state index in [1.165, 1.54) is 36.2 Å². The molecule has 1 atom stereocenters. The number of nitrogens with one attached hydrogen (secondary N) is 1. The zero-order valence-electron chi connectivity index (χ0n) is 18.8. The standard InChI is InChI=1S/C25H23N3O6/c1-26-20-14-13-17(15-21(20)28(32)33)22(29)18-11-7-8-12-19(18)25(31)34-23(24(30)27(2)3)16-9-5-4-6-10-16/h4-15,23,26H,1-3H3. The number of rotatable bonds is 8. The molecule has 0 aliphatic heterocycles. The number of anilines is 1. The SMILES string of the molecule is CNc1ccc(C(=O)c2ccccc2C(=O)OC(C(=O)N(C)C)c2ccccc2)cc1[N+](=O)[O-]. The van der Waals surface area contributed by atoms with Crippen LogP contribution < -0.4 is 5.32 Å². The molecular weight excluding hydrogens is 438 g/mol. The van der Waals surface area contributed by atoms with Gasteiger partial charge in [-0.05, 0) is 18.2 Å². The van der Waals surface area contributed by atoms with Gasteiger partial charge in [-0.25, -0.2) is 4.79 Å². The smallest absolute Gasteiger partial charge is 0.340 e. The Morgan fingerprint density at radius 3 is 2.15 bits per heavy atom. The average Bonchev–Trinajstić information content (AvgIpc) is 2.86. The Kier molecular flexibility index (Phi) is 7.37. The Labute approximate surface area is 196 Å². The summed E-state index contributed by atoms with van der Waals surface area (Å²) in [7, 11) is 4.63. The molecule has 9 heteroatoms. The van der Waals surface area contributed by atoms with E-state index in [-0.39, 0.29) is 28.1 Å². The molecule has 0 spiro atoms. The zero-order chi connectivity index (χ0) is 24.8. The normalized spacial score (nSPS) is 11.3. The molecule has 1 amide bonds. The summed E-state index contributed by atoms with van der Waals surface area (Å²) in [5.74, 6) is -1.90. The van der Waals surface area contributed by atoms with Crippen molar-refractivity contribution in [2.24, 2.45) is 0 Å². The number of amides is 1. The molecule has 0 aromatic heterocycles. The van der Waals surface area contributed by atoms with Gasteiger partial charge in [-0.2, -0.15) is 0 Å². The summed E-state index contributed by atoms with van der Waals surface area (Å²) in [4.78, 5) is 51.2. The number of hydrogen-bond donors (Lipinski definition) is 1. The Bertz CT molecular complexity index is 1240. The second kappa shape index (κ2) is 10.4. The third-order valence-corrected chi connectivity index (χ3v) is 5.11. The van der Waals surface area contributed by atoms with E-state index in [9.17, 15) is 24.5 Å². The van der Waals surface area contributed by atoms with Gasteiger partial charge in [-0.1, -0.05) is 48.5 Å². The van der Waals surface area contributed by atoms with Gasteiger partial charge in [0.25, 0.3) is 11.6 Å². The monoisotopic (exact) mass is 461 g/mol. The summed E-state index contributed by atoms with van der Waals surface area (Å²) in [6.07, 6.45) is -1.21. The first-order valence-corrected chi connectivity index (χ1v) is 10.3. The number of benzene rings is 3. The average molecular weight is 461 g/mol. The first-order valence-electron chi connectivity index (χ1n) is 10.3. The highest BCUT2D eigenvalue weighted by molar-refractivity contribution is 6.15. The number of hydrogen-bond acceptors (Lipinski definition) is 7. The number of ketones is 1. The molecule has 0 fully saturated rings. The summed E-state index contributed by atoms with van der Waals surface area (Å²) < 4.78 is 5.57. The number of ether oxygens (including phenoxy) is 1. The molecule has 9 nitrogen and oxygen atoms in total. The molecule has 174 valence electrons. The minimum atomic E-state index is -1.21.